The van der Waals surface area contributed by atoms with E-state index in [-0.39, 0.29) is 5.91 Å². The average molecular weight is 222 g/mol. The van der Waals surface area contributed by atoms with Gasteiger partial charge in [-0.05, 0) is 13.8 Å². The Morgan fingerprint density at radius 2 is 2.44 bits per heavy atom. The fourth-order valence-corrected chi connectivity index (χ4v) is 1.17. The van der Waals surface area contributed by atoms with E-state index in [1.165, 1.54) is 0 Å². The molecule has 0 atom stereocenters. The number of primary amides is 1. The Morgan fingerprint density at radius 3 is 2.94 bits per heavy atom. The molecule has 0 bridgehead atoms. The van der Waals surface area contributed by atoms with Crippen molar-refractivity contribution in [2.75, 3.05) is 6.54 Å². The van der Waals surface area contributed by atoms with Crippen molar-refractivity contribution in [2.45, 2.75) is 20.4 Å². The van der Waals surface area contributed by atoms with Gasteiger partial charge < -0.3 is 11.1 Å². The molecule has 5 nitrogen and oxygen atoms in total. The maximum absolute atomic E-state index is 11.1. The molecule has 0 fully saturated rings. The average Bonchev–Trinajstić information content (AvgIpc) is 2.65. The highest BCUT2D eigenvalue weighted by atomic mass is 16.1. The second-order valence-corrected chi connectivity index (χ2v) is 4.36. The molecular formula is C11H18N4O. The van der Waals surface area contributed by atoms with Crippen molar-refractivity contribution in [3.05, 3.63) is 24.5 Å². The molecule has 1 aromatic heterocycles. The third-order valence-electron chi connectivity index (χ3n) is 2.41. The van der Waals surface area contributed by atoms with Crippen molar-refractivity contribution < 1.29 is 4.79 Å². The lowest BCUT2D eigenvalue weighted by atomic mass is 9.93. The summed E-state index contributed by atoms with van der Waals surface area (Å²) in [5.41, 5.74) is 5.78. The van der Waals surface area contributed by atoms with Crippen LogP contribution in [0.3, 0.4) is 0 Å². The topological polar surface area (TPSA) is 72.9 Å². The highest BCUT2D eigenvalue weighted by Crippen LogP contribution is 2.12. The lowest BCUT2D eigenvalue weighted by Crippen LogP contribution is -2.40. The molecule has 0 aromatic carbocycles. The first-order valence-electron chi connectivity index (χ1n) is 5.12. The molecule has 0 unspecified atom stereocenters. The van der Waals surface area contributed by atoms with Gasteiger partial charge in [-0.3, -0.25) is 4.79 Å². The van der Waals surface area contributed by atoms with Gasteiger partial charge in [0.15, 0.2) is 0 Å². The predicted molar refractivity (Wildman–Crippen MR) is 63.3 cm³/mol. The van der Waals surface area contributed by atoms with Gasteiger partial charge in [0.1, 0.15) is 0 Å². The second-order valence-electron chi connectivity index (χ2n) is 4.36. The SMILES string of the molecule is C=Cn1cc(CNCC(C)(C)C(N)=O)cn1. The van der Waals surface area contributed by atoms with E-state index in [0.717, 1.165) is 5.56 Å². The molecule has 5 heteroatoms. The Hall–Kier alpha value is -1.62. The molecule has 1 heterocycles. The number of nitrogens with two attached hydrogens (primary N) is 1. The number of aromatic nitrogens is 2. The van der Waals surface area contributed by atoms with Crippen LogP contribution in [-0.4, -0.2) is 22.2 Å². The van der Waals surface area contributed by atoms with Crippen LogP contribution >= 0.6 is 0 Å². The molecular weight excluding hydrogens is 204 g/mol. The highest BCUT2D eigenvalue weighted by Gasteiger charge is 2.23. The Balaban J connectivity index is 2.41. The van der Waals surface area contributed by atoms with Gasteiger partial charge in [0.25, 0.3) is 0 Å². The molecule has 88 valence electrons. The molecule has 1 amide bonds. The van der Waals surface area contributed by atoms with Gasteiger partial charge in [-0.25, -0.2) is 4.68 Å². The lowest BCUT2D eigenvalue weighted by Gasteiger charge is -2.20. The van der Waals surface area contributed by atoms with Crippen molar-refractivity contribution in [3.63, 3.8) is 0 Å². The van der Waals surface area contributed by atoms with Crippen LogP contribution in [0.5, 0.6) is 0 Å². The van der Waals surface area contributed by atoms with Crippen LogP contribution in [0.1, 0.15) is 19.4 Å². The summed E-state index contributed by atoms with van der Waals surface area (Å²) >= 11 is 0. The zero-order chi connectivity index (χ0) is 12.2. The Morgan fingerprint density at radius 1 is 1.75 bits per heavy atom. The van der Waals surface area contributed by atoms with Crippen LogP contribution in [-0.2, 0) is 11.3 Å². The third-order valence-corrected chi connectivity index (χ3v) is 2.41. The van der Waals surface area contributed by atoms with Crippen molar-refractivity contribution in [1.82, 2.24) is 15.1 Å². The number of hydrogen-bond acceptors (Lipinski definition) is 3. The highest BCUT2D eigenvalue weighted by molar-refractivity contribution is 5.80. The smallest absolute Gasteiger partial charge is 0.224 e. The fraction of sp³-hybridized carbons (Fsp3) is 0.455. The number of nitrogens with zero attached hydrogens (tertiary/aromatic N) is 2. The summed E-state index contributed by atoms with van der Waals surface area (Å²) < 4.78 is 1.64. The molecule has 0 radical (unpaired) electrons. The molecule has 0 saturated carbocycles. The molecule has 3 N–H and O–H groups in total. The number of carbonyl (C=O) groups is 1. The standard InChI is InChI=1S/C11H18N4O/c1-4-15-7-9(6-14-15)5-13-8-11(2,3)10(12)16/h4,6-7,13H,1,5,8H2,2-3H3,(H2,12,16). The minimum atomic E-state index is -0.533. The van der Waals surface area contributed by atoms with Crippen LogP contribution in [0.15, 0.2) is 19.0 Å². The van der Waals surface area contributed by atoms with Crippen molar-refractivity contribution >= 4 is 12.1 Å². The minimum absolute atomic E-state index is 0.304. The van der Waals surface area contributed by atoms with Gasteiger partial charge in [0.2, 0.25) is 5.91 Å². The largest absolute Gasteiger partial charge is 0.369 e. The molecule has 0 aliphatic rings. The molecule has 1 aromatic rings. The third kappa shape index (κ3) is 3.20. The monoisotopic (exact) mass is 222 g/mol. The van der Waals surface area contributed by atoms with Crippen LogP contribution in [0.2, 0.25) is 0 Å². The first-order chi connectivity index (χ1) is 7.45. The summed E-state index contributed by atoms with van der Waals surface area (Å²) in [6, 6.07) is 0. The zero-order valence-electron chi connectivity index (χ0n) is 9.73. The Bertz CT molecular complexity index is 381. The first-order valence-corrected chi connectivity index (χ1v) is 5.12. The molecule has 0 aliphatic carbocycles. The maximum Gasteiger partial charge on any atom is 0.224 e. The molecule has 16 heavy (non-hydrogen) atoms. The van der Waals surface area contributed by atoms with E-state index in [4.69, 9.17) is 5.73 Å². The van der Waals surface area contributed by atoms with Gasteiger partial charge in [-0.15, -0.1) is 0 Å². The number of rotatable bonds is 6. The van der Waals surface area contributed by atoms with Crippen LogP contribution in [0.25, 0.3) is 6.20 Å². The zero-order valence-corrected chi connectivity index (χ0v) is 9.73. The summed E-state index contributed by atoms with van der Waals surface area (Å²) in [7, 11) is 0. The summed E-state index contributed by atoms with van der Waals surface area (Å²) in [4.78, 5) is 11.1. The Labute approximate surface area is 95.3 Å². The quantitative estimate of drug-likeness (QED) is 0.739. The van der Waals surface area contributed by atoms with E-state index in [9.17, 15) is 4.79 Å². The van der Waals surface area contributed by atoms with Gasteiger partial charge in [0, 0.05) is 31.0 Å². The van der Waals surface area contributed by atoms with Crippen molar-refractivity contribution in [3.8, 4) is 0 Å². The molecule has 1 rings (SSSR count). The fourth-order valence-electron chi connectivity index (χ4n) is 1.17. The normalized spacial score (nSPS) is 11.4. The number of amides is 1. The van der Waals surface area contributed by atoms with Gasteiger partial charge in [-0.2, -0.15) is 5.10 Å². The van der Waals surface area contributed by atoms with E-state index in [0.29, 0.717) is 13.1 Å². The van der Waals surface area contributed by atoms with E-state index in [1.54, 1.807) is 17.1 Å². The number of carbonyl (C=O) groups excluding carboxylic acids is 1. The molecule has 0 saturated heterocycles. The van der Waals surface area contributed by atoms with E-state index >= 15 is 0 Å². The molecule has 0 spiro atoms. The van der Waals surface area contributed by atoms with Crippen molar-refractivity contribution in [1.29, 1.82) is 0 Å². The first kappa shape index (κ1) is 12.4. The summed E-state index contributed by atoms with van der Waals surface area (Å²) in [5, 5.41) is 7.22. The molecule has 0 aliphatic heterocycles. The van der Waals surface area contributed by atoms with Crippen LogP contribution in [0.4, 0.5) is 0 Å². The predicted octanol–water partition coefficient (Wildman–Crippen LogP) is 0.585. The summed E-state index contributed by atoms with van der Waals surface area (Å²) in [5.74, 6) is -0.304. The Kier molecular flexibility index (Phi) is 3.84. The number of hydrogen-bond donors (Lipinski definition) is 2. The minimum Gasteiger partial charge on any atom is -0.369 e. The van der Waals surface area contributed by atoms with E-state index in [2.05, 4.69) is 17.0 Å². The van der Waals surface area contributed by atoms with Crippen LogP contribution < -0.4 is 11.1 Å². The lowest BCUT2D eigenvalue weighted by molar-refractivity contribution is -0.125. The van der Waals surface area contributed by atoms with Gasteiger partial charge >= 0.3 is 0 Å². The van der Waals surface area contributed by atoms with Crippen LogP contribution in [0, 0.1) is 5.41 Å². The van der Waals surface area contributed by atoms with Gasteiger partial charge in [0.05, 0.1) is 11.6 Å². The number of nitrogens with one attached hydrogen (secondary N) is 1. The second kappa shape index (κ2) is 4.94. The van der Waals surface area contributed by atoms with E-state index < -0.39 is 5.41 Å². The summed E-state index contributed by atoms with van der Waals surface area (Å²) in [6.45, 7) is 8.44. The van der Waals surface area contributed by atoms with Gasteiger partial charge in [-0.1, -0.05) is 6.58 Å². The summed E-state index contributed by atoms with van der Waals surface area (Å²) in [6.07, 6.45) is 5.25. The van der Waals surface area contributed by atoms with E-state index in [1.807, 2.05) is 20.0 Å². The van der Waals surface area contributed by atoms with Crippen molar-refractivity contribution in [2.24, 2.45) is 11.1 Å². The maximum atomic E-state index is 11.1.